The molecule has 0 spiro atoms. The van der Waals surface area contributed by atoms with Crippen molar-refractivity contribution in [2.75, 3.05) is 5.32 Å². The largest absolute Gasteiger partial charge is 0.322 e. The van der Waals surface area contributed by atoms with Crippen LogP contribution in [0, 0.1) is 6.92 Å². The molecule has 94 valence electrons. The van der Waals surface area contributed by atoms with E-state index in [0.717, 1.165) is 25.9 Å². The van der Waals surface area contributed by atoms with Crippen molar-refractivity contribution in [2.45, 2.75) is 6.92 Å². The summed E-state index contributed by atoms with van der Waals surface area (Å²) in [7, 11) is 0. The smallest absolute Gasteiger partial charge is 0.188 e. The first kappa shape index (κ1) is 12.3. The molecule has 3 aromatic rings. The van der Waals surface area contributed by atoms with Crippen LogP contribution < -0.4 is 5.32 Å². The lowest BCUT2D eigenvalue weighted by Gasteiger charge is -2.07. The fourth-order valence-corrected chi connectivity index (χ4v) is 3.18. The molecule has 0 amide bonds. The topological polar surface area (TPSA) is 24.9 Å². The Morgan fingerprint density at radius 2 is 1.84 bits per heavy atom. The Kier molecular flexibility index (Phi) is 3.27. The molecule has 0 fully saturated rings. The van der Waals surface area contributed by atoms with Gasteiger partial charge in [0.05, 0.1) is 10.2 Å². The van der Waals surface area contributed by atoms with Gasteiger partial charge in [-0.05, 0) is 24.6 Å². The summed E-state index contributed by atoms with van der Waals surface area (Å²) < 4.78 is 1.16. The van der Waals surface area contributed by atoms with Gasteiger partial charge in [-0.25, -0.2) is 4.98 Å². The van der Waals surface area contributed by atoms with Gasteiger partial charge in [-0.1, -0.05) is 60.0 Å². The third-order valence-corrected chi connectivity index (χ3v) is 4.18. The average molecular weight is 284 g/mol. The normalized spacial score (nSPS) is 10.6. The van der Waals surface area contributed by atoms with E-state index < -0.39 is 0 Å². The molecular formula is C15H12N2S2. The van der Waals surface area contributed by atoms with Gasteiger partial charge >= 0.3 is 0 Å². The minimum Gasteiger partial charge on any atom is -0.322 e. The molecule has 0 aliphatic rings. The van der Waals surface area contributed by atoms with E-state index in [1.54, 1.807) is 11.3 Å². The van der Waals surface area contributed by atoms with Crippen LogP contribution >= 0.6 is 23.6 Å². The monoisotopic (exact) mass is 284 g/mol. The van der Waals surface area contributed by atoms with Gasteiger partial charge in [0, 0.05) is 5.56 Å². The summed E-state index contributed by atoms with van der Waals surface area (Å²) >= 11 is 7.07. The van der Waals surface area contributed by atoms with Crippen LogP contribution in [0.15, 0.2) is 48.5 Å². The molecule has 0 aliphatic carbocycles. The fourth-order valence-electron chi connectivity index (χ4n) is 1.92. The van der Waals surface area contributed by atoms with E-state index in [-0.39, 0.29) is 0 Å². The number of anilines is 1. The van der Waals surface area contributed by atoms with E-state index in [1.807, 2.05) is 36.4 Å². The molecular weight excluding hydrogens is 272 g/mol. The second-order valence-corrected chi connectivity index (χ2v) is 5.69. The third kappa shape index (κ3) is 2.50. The van der Waals surface area contributed by atoms with Crippen molar-refractivity contribution < 1.29 is 0 Å². The van der Waals surface area contributed by atoms with E-state index in [1.165, 1.54) is 5.56 Å². The van der Waals surface area contributed by atoms with Crippen molar-refractivity contribution in [1.29, 1.82) is 0 Å². The SMILES string of the molecule is Cc1ccccc1C(=S)Nc1nc2ccccc2s1. The molecule has 3 rings (SSSR count). The molecule has 0 saturated heterocycles. The van der Waals surface area contributed by atoms with Crippen LogP contribution in [0.2, 0.25) is 0 Å². The van der Waals surface area contributed by atoms with Crippen molar-refractivity contribution in [2.24, 2.45) is 0 Å². The van der Waals surface area contributed by atoms with Gasteiger partial charge < -0.3 is 5.32 Å². The highest BCUT2D eigenvalue weighted by Gasteiger charge is 2.08. The molecule has 0 radical (unpaired) electrons. The molecule has 2 nitrogen and oxygen atoms in total. The van der Waals surface area contributed by atoms with Gasteiger partial charge in [0.15, 0.2) is 5.13 Å². The van der Waals surface area contributed by atoms with Gasteiger partial charge in [0.1, 0.15) is 4.99 Å². The Balaban J connectivity index is 1.89. The van der Waals surface area contributed by atoms with Crippen LogP contribution in [0.5, 0.6) is 0 Å². The quantitative estimate of drug-likeness (QED) is 0.706. The minimum atomic E-state index is 0.720. The van der Waals surface area contributed by atoms with Crippen LogP contribution in [-0.2, 0) is 0 Å². The van der Waals surface area contributed by atoms with Gasteiger partial charge in [-0.2, -0.15) is 0 Å². The second kappa shape index (κ2) is 5.07. The van der Waals surface area contributed by atoms with Crippen molar-refractivity contribution in [3.8, 4) is 0 Å². The van der Waals surface area contributed by atoms with E-state index in [0.29, 0.717) is 0 Å². The summed E-state index contributed by atoms with van der Waals surface area (Å²) in [5, 5.41) is 4.07. The van der Waals surface area contributed by atoms with E-state index >= 15 is 0 Å². The molecule has 0 atom stereocenters. The number of thiazole rings is 1. The molecule has 0 bridgehead atoms. The molecule has 0 aliphatic heterocycles. The Labute approximate surface area is 121 Å². The highest BCUT2D eigenvalue weighted by molar-refractivity contribution is 7.81. The van der Waals surface area contributed by atoms with Crippen LogP contribution in [0.1, 0.15) is 11.1 Å². The van der Waals surface area contributed by atoms with Crippen LogP contribution in [0.25, 0.3) is 10.2 Å². The lowest BCUT2D eigenvalue weighted by Crippen LogP contribution is -2.11. The van der Waals surface area contributed by atoms with Crippen LogP contribution in [0.3, 0.4) is 0 Å². The zero-order valence-electron chi connectivity index (χ0n) is 10.4. The molecule has 4 heteroatoms. The number of nitrogens with zero attached hydrogens (tertiary/aromatic N) is 1. The zero-order valence-corrected chi connectivity index (χ0v) is 12.0. The maximum atomic E-state index is 5.45. The predicted octanol–water partition coefficient (Wildman–Crippen LogP) is 4.39. The van der Waals surface area contributed by atoms with Crippen molar-refractivity contribution in [3.05, 3.63) is 59.7 Å². The molecule has 0 saturated carbocycles. The average Bonchev–Trinajstić information content (AvgIpc) is 2.81. The summed E-state index contributed by atoms with van der Waals surface area (Å²) in [6.45, 7) is 2.06. The first-order valence-corrected chi connectivity index (χ1v) is 7.19. The maximum Gasteiger partial charge on any atom is 0.188 e. The number of rotatable bonds is 2. The van der Waals surface area contributed by atoms with E-state index in [4.69, 9.17) is 12.2 Å². The Morgan fingerprint density at radius 1 is 1.11 bits per heavy atom. The Morgan fingerprint density at radius 3 is 2.63 bits per heavy atom. The lowest BCUT2D eigenvalue weighted by molar-refractivity contribution is 1.43. The number of nitrogens with one attached hydrogen (secondary N) is 1. The number of para-hydroxylation sites is 1. The third-order valence-electron chi connectivity index (χ3n) is 2.90. The number of aryl methyl sites for hydroxylation is 1. The fraction of sp³-hybridized carbons (Fsp3) is 0.0667. The summed E-state index contributed by atoms with van der Waals surface area (Å²) in [5.41, 5.74) is 3.22. The second-order valence-electron chi connectivity index (χ2n) is 4.26. The summed E-state index contributed by atoms with van der Waals surface area (Å²) in [6, 6.07) is 16.2. The summed E-state index contributed by atoms with van der Waals surface area (Å²) in [6.07, 6.45) is 0. The Hall–Kier alpha value is -1.78. The number of benzene rings is 2. The summed E-state index contributed by atoms with van der Waals surface area (Å²) in [4.78, 5) is 5.25. The van der Waals surface area contributed by atoms with Gasteiger partial charge in [-0.3, -0.25) is 0 Å². The van der Waals surface area contributed by atoms with Gasteiger partial charge in [0.25, 0.3) is 0 Å². The first-order chi connectivity index (χ1) is 9.24. The molecule has 1 N–H and O–H groups in total. The molecule has 1 heterocycles. The van der Waals surface area contributed by atoms with E-state index in [2.05, 4.69) is 29.4 Å². The molecule has 19 heavy (non-hydrogen) atoms. The van der Waals surface area contributed by atoms with Crippen molar-refractivity contribution in [3.63, 3.8) is 0 Å². The van der Waals surface area contributed by atoms with E-state index in [9.17, 15) is 0 Å². The number of hydrogen-bond acceptors (Lipinski definition) is 3. The molecule has 2 aromatic carbocycles. The van der Waals surface area contributed by atoms with Crippen LogP contribution in [0.4, 0.5) is 5.13 Å². The number of hydrogen-bond donors (Lipinski definition) is 1. The highest BCUT2D eigenvalue weighted by Crippen LogP contribution is 2.26. The summed E-state index contributed by atoms with van der Waals surface area (Å²) in [5.74, 6) is 0. The van der Waals surface area contributed by atoms with Gasteiger partial charge in [-0.15, -0.1) is 0 Å². The molecule has 1 aromatic heterocycles. The van der Waals surface area contributed by atoms with Crippen molar-refractivity contribution in [1.82, 2.24) is 4.98 Å². The number of aromatic nitrogens is 1. The maximum absolute atomic E-state index is 5.45. The van der Waals surface area contributed by atoms with Gasteiger partial charge in [0.2, 0.25) is 0 Å². The lowest BCUT2D eigenvalue weighted by atomic mass is 10.1. The minimum absolute atomic E-state index is 0.720. The standard InChI is InChI=1S/C15H12N2S2/c1-10-6-2-3-7-11(10)14(18)17-15-16-12-8-4-5-9-13(12)19-15/h2-9H,1H3,(H,16,17,18). The van der Waals surface area contributed by atoms with Crippen LogP contribution in [-0.4, -0.2) is 9.97 Å². The van der Waals surface area contributed by atoms with Crippen molar-refractivity contribution >= 4 is 43.9 Å². The predicted molar refractivity (Wildman–Crippen MR) is 86.1 cm³/mol. The first-order valence-electron chi connectivity index (χ1n) is 5.96. The number of thiocarbonyl (C=S) groups is 1. The zero-order chi connectivity index (χ0) is 13.2. The number of fused-ring (bicyclic) bond motifs is 1. The highest BCUT2D eigenvalue weighted by atomic mass is 32.1. The molecule has 0 unspecified atom stereocenters. The Bertz CT molecular complexity index is 713.